The van der Waals surface area contributed by atoms with Gasteiger partial charge in [0.1, 0.15) is 22.3 Å². The molecule has 0 radical (unpaired) electrons. The molecule has 1 aliphatic heterocycles. The third-order valence-electron chi connectivity index (χ3n) is 5.58. The van der Waals surface area contributed by atoms with Gasteiger partial charge in [0.05, 0.1) is 12.7 Å². The maximum Gasteiger partial charge on any atom is 0.246 e. The quantitative estimate of drug-likeness (QED) is 0.424. The van der Waals surface area contributed by atoms with Crippen molar-refractivity contribution in [2.45, 2.75) is 36.8 Å². The first-order valence-electron chi connectivity index (χ1n) is 11.1. The molecule has 0 bridgehead atoms. The second-order valence-electron chi connectivity index (χ2n) is 8.07. The van der Waals surface area contributed by atoms with Crippen LogP contribution in [0, 0.1) is 11.6 Å². The Labute approximate surface area is 198 Å². The molecule has 2 heterocycles. The number of pyridine rings is 1. The summed E-state index contributed by atoms with van der Waals surface area (Å²) in [7, 11) is -4.22. The number of halogens is 2. The van der Waals surface area contributed by atoms with Gasteiger partial charge < -0.3 is 9.47 Å². The van der Waals surface area contributed by atoms with Crippen LogP contribution in [0.1, 0.15) is 24.1 Å². The molecule has 1 aromatic heterocycles. The summed E-state index contributed by atoms with van der Waals surface area (Å²) in [6, 6.07) is 15.3. The Bertz CT molecular complexity index is 1190. The predicted octanol–water partition coefficient (Wildman–Crippen LogP) is 4.35. The molecule has 0 amide bonds. The Morgan fingerprint density at radius 1 is 1.09 bits per heavy atom. The summed E-state index contributed by atoms with van der Waals surface area (Å²) in [6.07, 6.45) is 3.69. The highest BCUT2D eigenvalue weighted by molar-refractivity contribution is 7.89. The Morgan fingerprint density at radius 3 is 2.59 bits per heavy atom. The van der Waals surface area contributed by atoms with Crippen LogP contribution in [0.15, 0.2) is 71.8 Å². The summed E-state index contributed by atoms with van der Waals surface area (Å²) in [4.78, 5) is 3.70. The van der Waals surface area contributed by atoms with Gasteiger partial charge in [-0.2, -0.15) is 4.31 Å². The van der Waals surface area contributed by atoms with E-state index in [0.717, 1.165) is 30.7 Å². The van der Waals surface area contributed by atoms with E-state index in [4.69, 9.17) is 9.47 Å². The molecule has 9 heteroatoms. The minimum Gasteiger partial charge on any atom is -0.493 e. The van der Waals surface area contributed by atoms with Gasteiger partial charge in [-0.25, -0.2) is 17.2 Å². The summed E-state index contributed by atoms with van der Waals surface area (Å²) in [6.45, 7) is 1.13. The maximum absolute atomic E-state index is 14.4. The van der Waals surface area contributed by atoms with Crippen molar-refractivity contribution < 1.29 is 26.7 Å². The van der Waals surface area contributed by atoms with Gasteiger partial charge >= 0.3 is 0 Å². The fourth-order valence-corrected chi connectivity index (χ4v) is 5.31. The van der Waals surface area contributed by atoms with E-state index in [1.54, 1.807) is 30.5 Å². The average molecular weight is 489 g/mol. The van der Waals surface area contributed by atoms with Crippen LogP contribution in [-0.2, 0) is 27.7 Å². The lowest BCUT2D eigenvalue weighted by molar-refractivity contribution is 0.0925. The van der Waals surface area contributed by atoms with Gasteiger partial charge in [0, 0.05) is 44.1 Å². The minimum atomic E-state index is -4.22. The number of benzene rings is 2. The third-order valence-corrected chi connectivity index (χ3v) is 7.42. The molecule has 1 fully saturated rings. The van der Waals surface area contributed by atoms with Gasteiger partial charge in [0.15, 0.2) is 0 Å². The lowest BCUT2D eigenvalue weighted by Gasteiger charge is -2.25. The van der Waals surface area contributed by atoms with Crippen molar-refractivity contribution in [1.82, 2.24) is 9.29 Å². The second kappa shape index (κ2) is 11.0. The summed E-state index contributed by atoms with van der Waals surface area (Å²) in [5, 5.41) is 0. The fourth-order valence-electron chi connectivity index (χ4n) is 3.80. The number of rotatable bonds is 10. The first-order valence-corrected chi connectivity index (χ1v) is 12.5. The molecule has 0 aliphatic carbocycles. The highest BCUT2D eigenvalue weighted by atomic mass is 32.2. The van der Waals surface area contributed by atoms with E-state index in [1.807, 2.05) is 18.2 Å². The predicted molar refractivity (Wildman–Crippen MR) is 123 cm³/mol. The number of sulfonamides is 1. The molecule has 1 atom stereocenters. The van der Waals surface area contributed by atoms with Crippen molar-refractivity contribution in [3.8, 4) is 5.75 Å². The normalized spacial score (nSPS) is 16.1. The Hall–Kier alpha value is -2.88. The van der Waals surface area contributed by atoms with Gasteiger partial charge in [-0.05, 0) is 54.8 Å². The molecular weight excluding hydrogens is 462 g/mol. The molecule has 0 saturated carbocycles. The largest absolute Gasteiger partial charge is 0.493 e. The fraction of sp³-hybridized carbons (Fsp3) is 0.320. The molecule has 4 rings (SSSR count). The summed E-state index contributed by atoms with van der Waals surface area (Å²) in [5.41, 5.74) is 1.64. The zero-order chi connectivity index (χ0) is 24.0. The molecule has 0 N–H and O–H groups in total. The zero-order valence-corrected chi connectivity index (χ0v) is 19.4. The highest BCUT2D eigenvalue weighted by Crippen LogP contribution is 2.25. The van der Waals surface area contributed by atoms with Crippen LogP contribution in [0.25, 0.3) is 0 Å². The standard InChI is InChI=1S/C25H26F2N2O4S/c26-20-8-11-25(24(27)16-20)34(30,31)29(18-23-5-3-14-32-23)17-19-6-9-22(10-7-19)33-15-12-21-4-1-2-13-28-21/h1-2,4,6-11,13,16,23H,3,5,12,14-15,17-18H2/t23-/m0/s1. The second-order valence-corrected chi connectivity index (χ2v) is 9.98. The molecule has 180 valence electrons. The van der Waals surface area contributed by atoms with Crippen molar-refractivity contribution in [2.75, 3.05) is 19.8 Å². The van der Waals surface area contributed by atoms with Crippen LogP contribution in [-0.4, -0.2) is 43.6 Å². The van der Waals surface area contributed by atoms with Gasteiger partial charge in [-0.15, -0.1) is 0 Å². The molecule has 6 nitrogen and oxygen atoms in total. The molecule has 1 aliphatic rings. The number of ether oxygens (including phenoxy) is 2. The van der Waals surface area contributed by atoms with Crippen LogP contribution < -0.4 is 4.74 Å². The average Bonchev–Trinajstić information content (AvgIpc) is 3.33. The van der Waals surface area contributed by atoms with Crippen LogP contribution >= 0.6 is 0 Å². The molecule has 1 saturated heterocycles. The van der Waals surface area contributed by atoms with E-state index in [9.17, 15) is 17.2 Å². The van der Waals surface area contributed by atoms with Crippen LogP contribution in [0.5, 0.6) is 5.75 Å². The molecule has 34 heavy (non-hydrogen) atoms. The van der Waals surface area contributed by atoms with E-state index < -0.39 is 26.6 Å². The van der Waals surface area contributed by atoms with E-state index >= 15 is 0 Å². The smallest absolute Gasteiger partial charge is 0.246 e. The van der Waals surface area contributed by atoms with E-state index in [1.165, 1.54) is 4.31 Å². The lowest BCUT2D eigenvalue weighted by atomic mass is 10.2. The minimum absolute atomic E-state index is 0.0211. The van der Waals surface area contributed by atoms with Gasteiger partial charge in [0.2, 0.25) is 10.0 Å². The number of hydrogen-bond donors (Lipinski definition) is 0. The van der Waals surface area contributed by atoms with Gasteiger partial charge in [0.25, 0.3) is 0 Å². The zero-order valence-electron chi connectivity index (χ0n) is 18.6. The number of hydrogen-bond acceptors (Lipinski definition) is 5. The van der Waals surface area contributed by atoms with Gasteiger partial charge in [-0.3, -0.25) is 4.98 Å². The Balaban J connectivity index is 1.46. The summed E-state index contributed by atoms with van der Waals surface area (Å²) in [5.74, 6) is -1.30. The molecule has 0 unspecified atom stereocenters. The number of aromatic nitrogens is 1. The molecule has 2 aromatic carbocycles. The van der Waals surface area contributed by atoms with Crippen molar-refractivity contribution in [3.05, 3.63) is 89.8 Å². The Morgan fingerprint density at radius 2 is 1.91 bits per heavy atom. The molecular formula is C25H26F2N2O4S. The van der Waals surface area contributed by atoms with Gasteiger partial charge in [-0.1, -0.05) is 18.2 Å². The number of nitrogens with zero attached hydrogens (tertiary/aromatic N) is 2. The topological polar surface area (TPSA) is 68.7 Å². The van der Waals surface area contributed by atoms with Crippen molar-refractivity contribution in [1.29, 1.82) is 0 Å². The third kappa shape index (κ3) is 6.16. The highest BCUT2D eigenvalue weighted by Gasteiger charge is 2.31. The SMILES string of the molecule is O=S(=O)(c1ccc(F)cc1F)N(Cc1ccc(OCCc2ccccn2)cc1)C[C@@H]1CCCO1. The van der Waals surface area contributed by atoms with Crippen LogP contribution in [0.3, 0.4) is 0 Å². The molecule has 3 aromatic rings. The first kappa shape index (κ1) is 24.3. The molecule has 0 spiro atoms. The van der Waals surface area contributed by atoms with Crippen molar-refractivity contribution >= 4 is 10.0 Å². The van der Waals surface area contributed by atoms with Crippen molar-refractivity contribution in [2.24, 2.45) is 0 Å². The maximum atomic E-state index is 14.4. The van der Waals surface area contributed by atoms with E-state index in [0.29, 0.717) is 37.0 Å². The van der Waals surface area contributed by atoms with Crippen LogP contribution in [0.4, 0.5) is 8.78 Å². The van der Waals surface area contributed by atoms with Crippen molar-refractivity contribution in [3.63, 3.8) is 0 Å². The summed E-state index contributed by atoms with van der Waals surface area (Å²) < 4.78 is 66.8. The monoisotopic (exact) mass is 488 g/mol. The summed E-state index contributed by atoms with van der Waals surface area (Å²) >= 11 is 0. The van der Waals surface area contributed by atoms with Crippen LogP contribution in [0.2, 0.25) is 0 Å². The van der Waals surface area contributed by atoms with E-state index in [-0.39, 0.29) is 19.2 Å². The van der Waals surface area contributed by atoms with E-state index in [2.05, 4.69) is 4.98 Å². The lowest BCUT2D eigenvalue weighted by Crippen LogP contribution is -2.37. The Kier molecular flexibility index (Phi) is 7.87. The first-order chi connectivity index (χ1) is 16.4.